The van der Waals surface area contributed by atoms with Gasteiger partial charge in [-0.25, -0.2) is 8.78 Å². The summed E-state index contributed by atoms with van der Waals surface area (Å²) in [6, 6.07) is 12.3. The monoisotopic (exact) mass is 312 g/mol. The molecule has 1 saturated carbocycles. The van der Waals surface area contributed by atoms with Crippen LogP contribution in [0.25, 0.3) is 11.1 Å². The second-order valence-corrected chi connectivity index (χ2v) is 6.49. The summed E-state index contributed by atoms with van der Waals surface area (Å²) >= 11 is 0. The van der Waals surface area contributed by atoms with Crippen molar-refractivity contribution < 1.29 is 8.78 Å². The lowest BCUT2D eigenvalue weighted by Crippen LogP contribution is -2.12. The minimum atomic E-state index is -0.804. The lowest BCUT2D eigenvalue weighted by atomic mass is 9.77. The van der Waals surface area contributed by atoms with Crippen molar-refractivity contribution in [1.82, 2.24) is 0 Å². The summed E-state index contributed by atoms with van der Waals surface area (Å²) in [4.78, 5) is 0. The molecule has 0 atom stereocenters. The van der Waals surface area contributed by atoms with Gasteiger partial charge in [0.2, 0.25) is 0 Å². The fourth-order valence-corrected chi connectivity index (χ4v) is 3.59. The van der Waals surface area contributed by atoms with E-state index in [1.165, 1.54) is 43.4 Å². The van der Waals surface area contributed by atoms with Crippen LogP contribution in [0.2, 0.25) is 0 Å². The van der Waals surface area contributed by atoms with Gasteiger partial charge in [0.1, 0.15) is 0 Å². The molecule has 0 N–H and O–H groups in total. The van der Waals surface area contributed by atoms with E-state index in [2.05, 4.69) is 18.7 Å². The molecule has 0 radical (unpaired) electrons. The van der Waals surface area contributed by atoms with Crippen molar-refractivity contribution in [2.45, 2.75) is 38.0 Å². The predicted molar refractivity (Wildman–Crippen MR) is 91.3 cm³/mol. The first-order valence-electron chi connectivity index (χ1n) is 8.33. The summed E-state index contributed by atoms with van der Waals surface area (Å²) in [5.74, 6) is -0.186. The zero-order valence-corrected chi connectivity index (χ0v) is 13.3. The number of halogens is 2. The second kappa shape index (κ2) is 7.08. The quantitative estimate of drug-likeness (QED) is 0.567. The second-order valence-electron chi connectivity index (χ2n) is 6.49. The molecule has 0 aliphatic heterocycles. The minimum absolute atomic E-state index is 0.620. The molecule has 23 heavy (non-hydrogen) atoms. The van der Waals surface area contributed by atoms with Crippen molar-refractivity contribution in [3.8, 4) is 11.1 Å². The van der Waals surface area contributed by atoms with Crippen LogP contribution in [-0.2, 0) is 0 Å². The van der Waals surface area contributed by atoms with E-state index in [1.807, 2.05) is 18.2 Å². The van der Waals surface area contributed by atoms with Gasteiger partial charge in [-0.2, -0.15) is 0 Å². The smallest absolute Gasteiger partial charge is 0.159 e. The van der Waals surface area contributed by atoms with Crippen LogP contribution < -0.4 is 0 Å². The maximum atomic E-state index is 13.4. The molecule has 0 spiro atoms. The van der Waals surface area contributed by atoms with Crippen LogP contribution in [0.3, 0.4) is 0 Å². The van der Waals surface area contributed by atoms with E-state index in [0.29, 0.717) is 11.5 Å². The lowest BCUT2D eigenvalue weighted by Gasteiger charge is -2.28. The van der Waals surface area contributed by atoms with Crippen molar-refractivity contribution in [3.63, 3.8) is 0 Å². The molecule has 1 aliphatic carbocycles. The highest BCUT2D eigenvalue weighted by Gasteiger charge is 2.21. The van der Waals surface area contributed by atoms with E-state index in [0.717, 1.165) is 17.9 Å². The van der Waals surface area contributed by atoms with Gasteiger partial charge in [-0.3, -0.25) is 0 Å². The average Bonchev–Trinajstić information content (AvgIpc) is 2.59. The van der Waals surface area contributed by atoms with Crippen molar-refractivity contribution >= 4 is 0 Å². The van der Waals surface area contributed by atoms with Gasteiger partial charge in [0.05, 0.1) is 0 Å². The number of rotatable bonds is 4. The van der Waals surface area contributed by atoms with Gasteiger partial charge < -0.3 is 0 Å². The predicted octanol–water partition coefficient (Wildman–Crippen LogP) is 6.48. The molecule has 0 saturated heterocycles. The molecule has 0 bridgehead atoms. The maximum absolute atomic E-state index is 13.4. The third-order valence-corrected chi connectivity index (χ3v) is 4.98. The summed E-state index contributed by atoms with van der Waals surface area (Å²) in [6.07, 6.45) is 8.14. The molecule has 2 heteroatoms. The lowest BCUT2D eigenvalue weighted by molar-refractivity contribution is 0.328. The summed E-state index contributed by atoms with van der Waals surface area (Å²) in [7, 11) is 0. The topological polar surface area (TPSA) is 0 Å². The van der Waals surface area contributed by atoms with Gasteiger partial charge >= 0.3 is 0 Å². The SMILES string of the molecule is C=CC[C@H]1CC[C@H](c2ccc(-c3ccc(F)c(F)c3)cc2)CC1. The molecule has 0 amide bonds. The number of benzene rings is 2. The van der Waals surface area contributed by atoms with E-state index in [-0.39, 0.29) is 0 Å². The highest BCUT2D eigenvalue weighted by molar-refractivity contribution is 5.63. The molecule has 120 valence electrons. The molecular formula is C21H22F2. The van der Waals surface area contributed by atoms with Crippen LogP contribution in [0.4, 0.5) is 8.78 Å². The first-order chi connectivity index (χ1) is 11.2. The van der Waals surface area contributed by atoms with Crippen LogP contribution in [0.1, 0.15) is 43.6 Å². The van der Waals surface area contributed by atoms with E-state index < -0.39 is 11.6 Å². The Morgan fingerprint density at radius 2 is 1.52 bits per heavy atom. The van der Waals surface area contributed by atoms with Crippen LogP contribution in [0.15, 0.2) is 55.1 Å². The fraction of sp³-hybridized carbons (Fsp3) is 0.333. The van der Waals surface area contributed by atoms with Gasteiger partial charge in [-0.15, -0.1) is 6.58 Å². The molecular weight excluding hydrogens is 290 g/mol. The Kier molecular flexibility index (Phi) is 4.90. The van der Waals surface area contributed by atoms with Gasteiger partial charge in [0, 0.05) is 0 Å². The maximum Gasteiger partial charge on any atom is 0.159 e. The highest BCUT2D eigenvalue weighted by atomic mass is 19.2. The van der Waals surface area contributed by atoms with Gasteiger partial charge in [-0.05, 0) is 72.8 Å². The van der Waals surface area contributed by atoms with E-state index in [1.54, 1.807) is 6.07 Å². The number of hydrogen-bond donors (Lipinski definition) is 0. The molecule has 0 heterocycles. The summed E-state index contributed by atoms with van der Waals surface area (Å²) < 4.78 is 26.4. The van der Waals surface area contributed by atoms with Gasteiger partial charge in [0.15, 0.2) is 11.6 Å². The zero-order chi connectivity index (χ0) is 16.2. The molecule has 0 unspecified atom stereocenters. The first-order valence-corrected chi connectivity index (χ1v) is 8.33. The van der Waals surface area contributed by atoms with E-state index in [9.17, 15) is 8.78 Å². The molecule has 2 aromatic carbocycles. The molecule has 0 aromatic heterocycles. The van der Waals surface area contributed by atoms with E-state index in [4.69, 9.17) is 0 Å². The number of hydrogen-bond acceptors (Lipinski definition) is 0. The van der Waals surface area contributed by atoms with Gasteiger partial charge in [-0.1, -0.05) is 36.4 Å². The Morgan fingerprint density at radius 1 is 0.870 bits per heavy atom. The van der Waals surface area contributed by atoms with Crippen LogP contribution in [-0.4, -0.2) is 0 Å². The first kappa shape index (κ1) is 15.9. The Balaban J connectivity index is 1.70. The summed E-state index contributed by atoms with van der Waals surface area (Å²) in [5, 5.41) is 0. The fourth-order valence-electron chi connectivity index (χ4n) is 3.59. The molecule has 1 fully saturated rings. The summed E-state index contributed by atoms with van der Waals surface area (Å²) in [5.41, 5.74) is 2.99. The summed E-state index contributed by atoms with van der Waals surface area (Å²) in [6.45, 7) is 3.83. The zero-order valence-electron chi connectivity index (χ0n) is 13.3. The normalized spacial score (nSPS) is 21.1. The third-order valence-electron chi connectivity index (χ3n) is 4.98. The van der Waals surface area contributed by atoms with Crippen molar-refractivity contribution in [2.75, 3.05) is 0 Å². The molecule has 3 rings (SSSR count). The Morgan fingerprint density at radius 3 is 2.13 bits per heavy atom. The van der Waals surface area contributed by atoms with Crippen molar-refractivity contribution in [2.24, 2.45) is 5.92 Å². The van der Waals surface area contributed by atoms with Crippen LogP contribution in [0.5, 0.6) is 0 Å². The third kappa shape index (κ3) is 3.69. The van der Waals surface area contributed by atoms with Crippen molar-refractivity contribution in [3.05, 3.63) is 72.3 Å². The van der Waals surface area contributed by atoms with Crippen LogP contribution >= 0.6 is 0 Å². The average molecular weight is 312 g/mol. The molecule has 1 aliphatic rings. The minimum Gasteiger partial charge on any atom is -0.204 e. The standard InChI is InChI=1S/C21H22F2/c1-2-3-15-4-6-16(7-5-15)17-8-10-18(11-9-17)19-12-13-20(22)21(23)14-19/h2,8-16H,1,3-7H2/t15-,16-. The van der Waals surface area contributed by atoms with Gasteiger partial charge in [0.25, 0.3) is 0 Å². The number of allylic oxidation sites excluding steroid dienone is 1. The molecule has 0 nitrogen and oxygen atoms in total. The Bertz CT molecular complexity index is 665. The largest absolute Gasteiger partial charge is 0.204 e. The molecule has 2 aromatic rings. The Labute approximate surface area is 136 Å². The highest BCUT2D eigenvalue weighted by Crippen LogP contribution is 2.37. The van der Waals surface area contributed by atoms with E-state index >= 15 is 0 Å². The Hall–Kier alpha value is -1.96. The van der Waals surface area contributed by atoms with Crippen LogP contribution in [0, 0.1) is 17.6 Å². The van der Waals surface area contributed by atoms with Crippen molar-refractivity contribution in [1.29, 1.82) is 0 Å².